The number of anilines is 1. The van der Waals surface area contributed by atoms with Gasteiger partial charge in [0.05, 0.1) is 23.0 Å². The van der Waals surface area contributed by atoms with Crippen LogP contribution in [0.3, 0.4) is 0 Å². The van der Waals surface area contributed by atoms with Gasteiger partial charge in [-0.05, 0) is 43.7 Å². The Morgan fingerprint density at radius 3 is 2.49 bits per heavy atom. The number of aryl methyl sites for hydroxylation is 2. The number of hydrogen-bond acceptors (Lipinski definition) is 5. The second-order valence-electron chi connectivity index (χ2n) is 8.93. The number of nitrogens with two attached hydrogens (primary N) is 2. The van der Waals surface area contributed by atoms with Gasteiger partial charge in [-0.2, -0.15) is 5.10 Å². The summed E-state index contributed by atoms with van der Waals surface area (Å²) in [6.45, 7) is 4.23. The number of aromatic nitrogens is 6. The summed E-state index contributed by atoms with van der Waals surface area (Å²) in [7, 11) is 1.94. The van der Waals surface area contributed by atoms with E-state index in [1.807, 2.05) is 30.9 Å². The highest BCUT2D eigenvalue weighted by molar-refractivity contribution is 6.03. The Labute approximate surface area is 225 Å². The molecule has 0 unspecified atom stereocenters. The highest BCUT2D eigenvalue weighted by atomic mass is 16.1. The predicted octanol–water partition coefficient (Wildman–Crippen LogP) is 4.05. The number of primary amides is 1. The van der Waals surface area contributed by atoms with Gasteiger partial charge in [0.25, 0.3) is 5.91 Å². The van der Waals surface area contributed by atoms with Gasteiger partial charge in [-0.25, -0.2) is 9.50 Å². The molecule has 0 saturated heterocycles. The maximum absolute atomic E-state index is 10.9. The number of rotatable bonds is 3. The molecule has 6 rings (SSSR count). The average molecular weight is 517 g/mol. The second kappa shape index (κ2) is 10.6. The first-order valence-electron chi connectivity index (χ1n) is 12.5. The Hall–Kier alpha value is -5.36. The molecule has 39 heavy (non-hydrogen) atoms. The van der Waals surface area contributed by atoms with Crippen LogP contribution in [0.5, 0.6) is 0 Å². The molecule has 194 valence electrons. The molecule has 0 spiro atoms. The zero-order valence-electron chi connectivity index (χ0n) is 22.0. The number of fused-ring (bicyclic) bond motifs is 2. The fourth-order valence-electron chi connectivity index (χ4n) is 4.44. The fourth-order valence-corrected chi connectivity index (χ4v) is 4.44. The van der Waals surface area contributed by atoms with E-state index in [-0.39, 0.29) is 11.4 Å². The van der Waals surface area contributed by atoms with Gasteiger partial charge in [0.1, 0.15) is 5.56 Å². The Balaban J connectivity index is 0.000000198. The van der Waals surface area contributed by atoms with Crippen molar-refractivity contribution in [2.24, 2.45) is 12.8 Å². The summed E-state index contributed by atoms with van der Waals surface area (Å²) in [5, 5.41) is 9.37. The zero-order chi connectivity index (χ0) is 27.5. The first kappa shape index (κ1) is 25.3. The van der Waals surface area contributed by atoms with Crippen molar-refractivity contribution in [3.05, 3.63) is 107 Å². The summed E-state index contributed by atoms with van der Waals surface area (Å²) in [6.07, 6.45) is 5.99. The summed E-state index contributed by atoms with van der Waals surface area (Å²) in [6, 6.07) is 20.8. The molecule has 4 aromatic heterocycles. The predicted molar refractivity (Wildman–Crippen MR) is 152 cm³/mol. The Morgan fingerprint density at radius 1 is 1.03 bits per heavy atom. The third-order valence-corrected chi connectivity index (χ3v) is 6.51. The lowest BCUT2D eigenvalue weighted by molar-refractivity contribution is 0.100. The van der Waals surface area contributed by atoms with Gasteiger partial charge in [-0.1, -0.05) is 49.1 Å². The van der Waals surface area contributed by atoms with Crippen molar-refractivity contribution in [2.45, 2.75) is 20.3 Å². The molecule has 2 aromatic carbocycles. The smallest absolute Gasteiger partial charge is 0.256 e. The first-order valence-corrected chi connectivity index (χ1v) is 12.5. The van der Waals surface area contributed by atoms with Crippen LogP contribution in [0.2, 0.25) is 0 Å². The van der Waals surface area contributed by atoms with E-state index in [4.69, 9.17) is 11.5 Å². The minimum absolute atomic E-state index is 0.103. The molecule has 0 aliphatic rings. The summed E-state index contributed by atoms with van der Waals surface area (Å²) in [4.78, 5) is 14.9. The van der Waals surface area contributed by atoms with E-state index in [1.54, 1.807) is 18.5 Å². The van der Waals surface area contributed by atoms with Crippen LogP contribution < -0.4 is 11.5 Å². The van der Waals surface area contributed by atoms with E-state index in [0.717, 1.165) is 23.2 Å². The second-order valence-corrected chi connectivity index (χ2v) is 8.93. The first-order chi connectivity index (χ1) is 18.9. The number of benzene rings is 2. The van der Waals surface area contributed by atoms with Crippen molar-refractivity contribution < 1.29 is 4.79 Å². The minimum atomic E-state index is -0.619. The highest BCUT2D eigenvalue weighted by Gasteiger charge is 2.15. The Kier molecular flexibility index (Phi) is 6.85. The molecule has 4 N–H and O–H groups in total. The number of amides is 1. The number of carbonyl (C=O) groups is 1. The van der Waals surface area contributed by atoms with Crippen LogP contribution in [-0.4, -0.2) is 34.9 Å². The number of carbonyl (C=O) groups excluding carboxylic acids is 1. The monoisotopic (exact) mass is 516 g/mol. The molecule has 1 amide bonds. The molecule has 9 heteroatoms. The van der Waals surface area contributed by atoms with E-state index in [2.05, 4.69) is 87.0 Å². The molecule has 0 saturated carbocycles. The zero-order valence-corrected chi connectivity index (χ0v) is 22.0. The van der Waals surface area contributed by atoms with Gasteiger partial charge in [0, 0.05) is 41.8 Å². The molecule has 0 bridgehead atoms. The van der Waals surface area contributed by atoms with Gasteiger partial charge in [-0.15, -0.1) is 5.10 Å². The Morgan fingerprint density at radius 2 is 1.79 bits per heavy atom. The van der Waals surface area contributed by atoms with Crippen molar-refractivity contribution in [3.63, 3.8) is 0 Å². The van der Waals surface area contributed by atoms with Crippen LogP contribution in [-0.2, 0) is 13.5 Å². The normalized spacial score (nSPS) is 10.6. The highest BCUT2D eigenvalue weighted by Crippen LogP contribution is 2.27. The number of hydrogen-bond donors (Lipinski definition) is 2. The van der Waals surface area contributed by atoms with Crippen LogP contribution in [0.25, 0.3) is 22.2 Å². The minimum Gasteiger partial charge on any atom is -0.381 e. The number of para-hydroxylation sites is 2. The maximum Gasteiger partial charge on any atom is 0.256 e. The fraction of sp³-hybridized carbons (Fsp3) is 0.133. The van der Waals surface area contributed by atoms with E-state index >= 15 is 0 Å². The van der Waals surface area contributed by atoms with Crippen molar-refractivity contribution in [1.82, 2.24) is 28.9 Å². The maximum atomic E-state index is 10.9. The third-order valence-electron chi connectivity index (χ3n) is 6.51. The van der Waals surface area contributed by atoms with Gasteiger partial charge in [0.2, 0.25) is 0 Å². The Bertz CT molecular complexity index is 1870. The molecular formula is C30H28N8O. The lowest BCUT2D eigenvalue weighted by atomic mass is 10.1. The molecule has 6 aromatic rings. The van der Waals surface area contributed by atoms with E-state index in [0.29, 0.717) is 5.65 Å². The van der Waals surface area contributed by atoms with Crippen LogP contribution in [0.4, 0.5) is 5.82 Å². The van der Waals surface area contributed by atoms with E-state index in [1.165, 1.54) is 26.8 Å². The van der Waals surface area contributed by atoms with Gasteiger partial charge in [0.15, 0.2) is 11.5 Å². The summed E-state index contributed by atoms with van der Waals surface area (Å²) in [5.74, 6) is 6.17. The van der Waals surface area contributed by atoms with Crippen LogP contribution >= 0.6 is 0 Å². The topological polar surface area (TPSA) is 122 Å². The van der Waals surface area contributed by atoms with Gasteiger partial charge < -0.3 is 16.0 Å². The summed E-state index contributed by atoms with van der Waals surface area (Å²) >= 11 is 0. The van der Waals surface area contributed by atoms with Gasteiger partial charge >= 0.3 is 0 Å². The van der Waals surface area contributed by atoms with Crippen molar-refractivity contribution in [1.29, 1.82) is 0 Å². The molecule has 9 nitrogen and oxygen atoms in total. The number of nitrogen functional groups attached to an aromatic ring is 1. The molecule has 0 aliphatic heterocycles. The summed E-state index contributed by atoms with van der Waals surface area (Å²) < 4.78 is 5.59. The molecule has 0 atom stereocenters. The van der Waals surface area contributed by atoms with Crippen LogP contribution in [0.1, 0.15) is 39.8 Å². The summed E-state index contributed by atoms with van der Waals surface area (Å²) in [5.41, 5.74) is 17.9. The largest absolute Gasteiger partial charge is 0.381 e. The van der Waals surface area contributed by atoms with Crippen LogP contribution in [0.15, 0.2) is 79.3 Å². The average Bonchev–Trinajstić information content (AvgIpc) is 3.60. The third kappa shape index (κ3) is 4.83. The quantitative estimate of drug-likeness (QED) is 0.344. The molecule has 0 aliphatic carbocycles. The standard InChI is InChI=1S/C23H21N3.C7H7N5O/c1-4-21-15-19-10-8-9-18(13-14-20-16-24-25(3)17(20)2)23(19)26(21)22-11-6-5-7-12-22;8-5-4(6(9)13)7-10-2-1-3-12(7)11-5/h5-12,15-16H,4H2,1-3H3;1-3H,(H2,8,11)(H2,9,13). The SMILES string of the molecule is CCc1cc2cccc(C#Cc3cnn(C)c3C)c2n1-c1ccccc1.NC(=O)c1c(N)nn2cccnc12. The lowest BCUT2D eigenvalue weighted by Crippen LogP contribution is -2.12. The van der Waals surface area contributed by atoms with Crippen molar-refractivity contribution in [2.75, 3.05) is 5.73 Å². The van der Waals surface area contributed by atoms with Crippen LogP contribution in [0, 0.1) is 18.8 Å². The van der Waals surface area contributed by atoms with E-state index in [9.17, 15) is 4.79 Å². The van der Waals surface area contributed by atoms with Crippen molar-refractivity contribution in [3.8, 4) is 17.5 Å². The van der Waals surface area contributed by atoms with E-state index < -0.39 is 5.91 Å². The molecular weight excluding hydrogens is 488 g/mol. The van der Waals surface area contributed by atoms with Gasteiger partial charge in [-0.3, -0.25) is 9.48 Å². The number of nitrogens with zero attached hydrogens (tertiary/aromatic N) is 6. The molecule has 4 heterocycles. The lowest BCUT2D eigenvalue weighted by Gasteiger charge is -2.10. The molecule has 0 fully saturated rings. The van der Waals surface area contributed by atoms with Crippen molar-refractivity contribution >= 4 is 28.3 Å². The molecule has 0 radical (unpaired) electrons.